The number of hydrogen-bond donors (Lipinski definition) is 4. The van der Waals surface area contributed by atoms with Crippen molar-refractivity contribution in [1.29, 1.82) is 0 Å². The number of amides is 3. The van der Waals surface area contributed by atoms with Gasteiger partial charge in [0.05, 0.1) is 19.6 Å². The lowest BCUT2D eigenvalue weighted by molar-refractivity contribution is -0.124. The van der Waals surface area contributed by atoms with E-state index in [2.05, 4.69) is 16.0 Å². The lowest BCUT2D eigenvalue weighted by Gasteiger charge is -2.00. The third-order valence-corrected chi connectivity index (χ3v) is 1.44. The van der Waals surface area contributed by atoms with Gasteiger partial charge in [-0.3, -0.25) is 19.2 Å². The van der Waals surface area contributed by atoms with Crippen LogP contribution in [0.25, 0.3) is 0 Å². The molecule has 0 aromatic rings. The summed E-state index contributed by atoms with van der Waals surface area (Å²) in [6.07, 6.45) is 0.424. The largest absolute Gasteiger partial charge is 0.355 e. The highest BCUT2D eigenvalue weighted by Crippen LogP contribution is 1.65. The van der Waals surface area contributed by atoms with Crippen LogP contribution in [0.3, 0.4) is 0 Å². The summed E-state index contributed by atoms with van der Waals surface area (Å²) in [5.41, 5.74) is 4.95. The highest BCUT2D eigenvalue weighted by molar-refractivity contribution is 5.86. The molecule has 0 spiro atoms. The van der Waals surface area contributed by atoms with Crippen molar-refractivity contribution in [2.24, 2.45) is 5.73 Å². The second kappa shape index (κ2) is 23.2. The molecule has 0 radical (unpaired) electrons. The van der Waals surface area contributed by atoms with Crippen LogP contribution in [-0.2, 0) is 19.2 Å². The number of nitrogens with one attached hydrogen (secondary N) is 3. The Labute approximate surface area is 127 Å². The fraction of sp³-hybridized carbons (Fsp3) is 0.692. The SMILES string of the molecule is C.CC.CC(=O)CNC(=O)CNC=O.CCNC(=O)CN. The van der Waals surface area contributed by atoms with Gasteiger partial charge in [-0.15, -0.1) is 0 Å². The van der Waals surface area contributed by atoms with Crippen molar-refractivity contribution in [3.63, 3.8) is 0 Å². The number of hydrogen-bond acceptors (Lipinski definition) is 5. The van der Waals surface area contributed by atoms with Crippen molar-refractivity contribution in [3.8, 4) is 0 Å². The number of carbonyl (C=O) groups excluding carboxylic acids is 4. The summed E-state index contributed by atoms with van der Waals surface area (Å²) < 4.78 is 0. The van der Waals surface area contributed by atoms with E-state index in [-0.39, 0.29) is 44.7 Å². The van der Waals surface area contributed by atoms with E-state index in [9.17, 15) is 19.2 Å². The average molecular weight is 306 g/mol. The predicted octanol–water partition coefficient (Wildman–Crippen LogP) is -0.819. The van der Waals surface area contributed by atoms with E-state index >= 15 is 0 Å². The van der Waals surface area contributed by atoms with Crippen LogP contribution in [0.4, 0.5) is 0 Å². The van der Waals surface area contributed by atoms with Crippen LogP contribution in [0.1, 0.15) is 35.1 Å². The van der Waals surface area contributed by atoms with Gasteiger partial charge in [0.2, 0.25) is 18.2 Å². The molecule has 21 heavy (non-hydrogen) atoms. The van der Waals surface area contributed by atoms with Crippen molar-refractivity contribution in [2.45, 2.75) is 35.1 Å². The normalized spacial score (nSPS) is 7.48. The van der Waals surface area contributed by atoms with E-state index < -0.39 is 0 Å². The molecular weight excluding hydrogens is 276 g/mol. The third-order valence-electron chi connectivity index (χ3n) is 1.44. The van der Waals surface area contributed by atoms with Gasteiger partial charge >= 0.3 is 0 Å². The van der Waals surface area contributed by atoms with E-state index in [1.165, 1.54) is 6.92 Å². The van der Waals surface area contributed by atoms with E-state index in [0.717, 1.165) is 0 Å². The second-order valence-corrected chi connectivity index (χ2v) is 3.14. The minimum atomic E-state index is -0.368. The van der Waals surface area contributed by atoms with Crippen molar-refractivity contribution in [2.75, 3.05) is 26.2 Å². The van der Waals surface area contributed by atoms with E-state index in [1.807, 2.05) is 20.8 Å². The van der Waals surface area contributed by atoms with Gasteiger partial charge < -0.3 is 21.7 Å². The molecule has 0 fully saturated rings. The minimum absolute atomic E-state index is 0. The maximum Gasteiger partial charge on any atom is 0.239 e. The summed E-state index contributed by atoms with van der Waals surface area (Å²) >= 11 is 0. The summed E-state index contributed by atoms with van der Waals surface area (Å²) in [5, 5.41) is 7.01. The summed E-state index contributed by atoms with van der Waals surface area (Å²) in [6.45, 7) is 7.90. The van der Waals surface area contributed by atoms with Gasteiger partial charge in [0.15, 0.2) is 0 Å². The van der Waals surface area contributed by atoms with E-state index in [1.54, 1.807) is 0 Å². The molecule has 0 heterocycles. The van der Waals surface area contributed by atoms with Crippen LogP contribution >= 0.6 is 0 Å². The van der Waals surface area contributed by atoms with Gasteiger partial charge in [-0.05, 0) is 13.8 Å². The molecule has 0 saturated heterocycles. The first-order valence-electron chi connectivity index (χ1n) is 6.37. The summed E-state index contributed by atoms with van der Waals surface area (Å²) in [7, 11) is 0. The van der Waals surface area contributed by atoms with Crippen LogP contribution < -0.4 is 21.7 Å². The number of carbonyl (C=O) groups is 4. The summed E-state index contributed by atoms with van der Waals surface area (Å²) in [6, 6.07) is 0. The van der Waals surface area contributed by atoms with Crippen LogP contribution in [0.2, 0.25) is 0 Å². The Bertz CT molecular complexity index is 283. The van der Waals surface area contributed by atoms with Gasteiger partial charge in [0.25, 0.3) is 0 Å². The molecule has 8 heteroatoms. The number of nitrogens with two attached hydrogens (primary N) is 1. The monoisotopic (exact) mass is 306 g/mol. The van der Waals surface area contributed by atoms with Gasteiger partial charge in [-0.1, -0.05) is 21.3 Å². The van der Waals surface area contributed by atoms with Gasteiger partial charge in [-0.2, -0.15) is 0 Å². The molecule has 0 rings (SSSR count). The maximum absolute atomic E-state index is 10.6. The molecule has 5 N–H and O–H groups in total. The van der Waals surface area contributed by atoms with Gasteiger partial charge in [0, 0.05) is 6.54 Å². The highest BCUT2D eigenvalue weighted by Gasteiger charge is 1.99. The molecular formula is C13H30N4O4. The first-order chi connectivity index (χ1) is 9.47. The van der Waals surface area contributed by atoms with E-state index in [0.29, 0.717) is 13.0 Å². The smallest absolute Gasteiger partial charge is 0.239 e. The second-order valence-electron chi connectivity index (χ2n) is 3.14. The van der Waals surface area contributed by atoms with E-state index in [4.69, 9.17) is 5.73 Å². The molecule has 0 aromatic heterocycles. The lowest BCUT2D eigenvalue weighted by atomic mass is 10.4. The topological polar surface area (TPSA) is 130 Å². The zero-order valence-corrected chi connectivity index (χ0v) is 12.6. The molecule has 0 aliphatic heterocycles. The number of Topliss-reactive ketones (excluding diaryl/α,β-unsaturated/α-hetero) is 1. The Morgan fingerprint density at radius 1 is 1.05 bits per heavy atom. The maximum atomic E-state index is 10.6. The molecule has 0 aromatic carbocycles. The van der Waals surface area contributed by atoms with Crippen LogP contribution in [0.5, 0.6) is 0 Å². The molecule has 0 unspecified atom stereocenters. The highest BCUT2D eigenvalue weighted by atomic mass is 16.2. The third kappa shape index (κ3) is 32.0. The quantitative estimate of drug-likeness (QED) is 0.457. The standard InChI is InChI=1S/C6H10N2O3.C4H10N2O.C2H6.CH4/c1-5(10)2-8-6(11)3-7-4-9;1-2-6-4(7)3-5;1-2;/h4H,2-3H2,1H3,(H,7,9)(H,8,11);2-3,5H2,1H3,(H,6,7);1-2H3;1H4. The molecule has 8 nitrogen and oxygen atoms in total. The Kier molecular flexibility index (Phi) is 30.2. The van der Waals surface area contributed by atoms with Crippen molar-refractivity contribution < 1.29 is 19.2 Å². The first-order valence-corrected chi connectivity index (χ1v) is 6.37. The van der Waals surface area contributed by atoms with Gasteiger partial charge in [-0.25, -0.2) is 0 Å². The first kappa shape index (κ1) is 27.4. The average Bonchev–Trinajstić information content (AvgIpc) is 2.45. The molecule has 0 bridgehead atoms. The molecule has 126 valence electrons. The lowest BCUT2D eigenvalue weighted by Crippen LogP contribution is -2.35. The molecule has 0 aliphatic rings. The summed E-state index contributed by atoms with van der Waals surface area (Å²) in [5.74, 6) is -0.584. The Morgan fingerprint density at radius 3 is 1.86 bits per heavy atom. The van der Waals surface area contributed by atoms with Crippen molar-refractivity contribution >= 4 is 24.0 Å². The zero-order valence-electron chi connectivity index (χ0n) is 12.6. The fourth-order valence-electron chi connectivity index (χ4n) is 0.689. The van der Waals surface area contributed by atoms with Crippen LogP contribution in [0, 0.1) is 0 Å². The summed E-state index contributed by atoms with van der Waals surface area (Å²) in [4.78, 5) is 40.8. The van der Waals surface area contributed by atoms with Gasteiger partial charge in [0.1, 0.15) is 5.78 Å². The van der Waals surface area contributed by atoms with Crippen LogP contribution in [0.15, 0.2) is 0 Å². The zero-order chi connectivity index (χ0) is 16.4. The number of rotatable bonds is 7. The Hall–Kier alpha value is -1.96. The molecule has 3 amide bonds. The Balaban J connectivity index is -0.000000126. The minimum Gasteiger partial charge on any atom is -0.355 e. The molecule has 0 saturated carbocycles. The number of ketones is 1. The number of likely N-dealkylation sites (N-methyl/N-ethyl adjacent to an activating group) is 1. The Morgan fingerprint density at radius 2 is 1.57 bits per heavy atom. The molecule has 0 aliphatic carbocycles. The van der Waals surface area contributed by atoms with Crippen LogP contribution in [-0.4, -0.2) is 50.2 Å². The fourth-order valence-corrected chi connectivity index (χ4v) is 0.689. The predicted molar refractivity (Wildman–Crippen MR) is 83.6 cm³/mol. The van der Waals surface area contributed by atoms with Crippen molar-refractivity contribution in [3.05, 3.63) is 0 Å². The van der Waals surface area contributed by atoms with Crippen molar-refractivity contribution in [1.82, 2.24) is 16.0 Å². The molecule has 0 atom stereocenters.